The minimum atomic E-state index is -0.204. The molecular weight excluding hydrogens is 461 g/mol. The van der Waals surface area contributed by atoms with Crippen molar-refractivity contribution in [3.8, 4) is 0 Å². The first kappa shape index (κ1) is 20.3. The molecule has 2 aromatic carbocycles. The van der Waals surface area contributed by atoms with Crippen LogP contribution in [0.3, 0.4) is 0 Å². The fraction of sp³-hybridized carbons (Fsp3) is 0.217. The molecule has 2 aliphatic heterocycles. The van der Waals surface area contributed by atoms with Crippen molar-refractivity contribution < 1.29 is 4.79 Å². The predicted molar refractivity (Wildman–Crippen MR) is 126 cm³/mol. The number of hydrogen-bond donors (Lipinski definition) is 0. The highest BCUT2D eigenvalue weighted by Gasteiger charge is 2.38. The van der Waals surface area contributed by atoms with E-state index < -0.39 is 0 Å². The van der Waals surface area contributed by atoms with Gasteiger partial charge in [0.15, 0.2) is 0 Å². The van der Waals surface area contributed by atoms with E-state index in [-0.39, 0.29) is 35.3 Å². The molecule has 4 nitrogen and oxygen atoms in total. The molecule has 2 heterocycles. The van der Waals surface area contributed by atoms with E-state index in [9.17, 15) is 4.79 Å². The monoisotopic (exact) mass is 485 g/mol. The molecule has 1 amide bonds. The molecule has 0 N–H and O–H groups in total. The summed E-state index contributed by atoms with van der Waals surface area (Å²) in [6, 6.07) is 18.3. The lowest BCUT2D eigenvalue weighted by Crippen LogP contribution is -2.25. The molecule has 0 saturated carbocycles. The molecular formula is C23H24IN3O. The highest BCUT2D eigenvalue weighted by Crippen LogP contribution is 2.46. The van der Waals surface area contributed by atoms with Gasteiger partial charge in [-0.3, -0.25) is 9.69 Å². The smallest absolute Gasteiger partial charge is 0.295 e. The second kappa shape index (κ2) is 7.54. The maximum Gasteiger partial charge on any atom is 0.295 e. The summed E-state index contributed by atoms with van der Waals surface area (Å²) in [5, 5.41) is 0. The van der Waals surface area contributed by atoms with Crippen LogP contribution in [0.15, 0.2) is 83.1 Å². The highest BCUT2D eigenvalue weighted by molar-refractivity contribution is 14.0. The maximum atomic E-state index is 12.5. The number of carbonyl (C=O) groups is 1. The number of aliphatic imine (C=N–C) groups is 1. The van der Waals surface area contributed by atoms with Crippen LogP contribution >= 0.6 is 24.0 Å². The van der Waals surface area contributed by atoms with E-state index in [1.54, 1.807) is 0 Å². The number of likely N-dealkylation sites (N-methyl/N-ethyl adjacent to an activating group) is 1. The van der Waals surface area contributed by atoms with E-state index in [4.69, 9.17) is 0 Å². The molecule has 0 bridgehead atoms. The van der Waals surface area contributed by atoms with Crippen LogP contribution in [0.25, 0.3) is 0 Å². The second-order valence-corrected chi connectivity index (χ2v) is 7.44. The first-order valence-electron chi connectivity index (χ1n) is 9.12. The summed E-state index contributed by atoms with van der Waals surface area (Å²) in [5.41, 5.74) is 5.04. The summed E-state index contributed by atoms with van der Waals surface area (Å²) in [6.45, 7) is 6.29. The van der Waals surface area contributed by atoms with Crippen LogP contribution in [0.4, 0.5) is 11.4 Å². The van der Waals surface area contributed by atoms with Gasteiger partial charge >= 0.3 is 0 Å². The Labute approximate surface area is 183 Å². The summed E-state index contributed by atoms with van der Waals surface area (Å²) in [4.78, 5) is 20.8. The zero-order chi connectivity index (χ0) is 19.2. The number of amides is 1. The Balaban J connectivity index is 0.00000225. The first-order valence-corrected chi connectivity index (χ1v) is 9.12. The number of para-hydroxylation sites is 2. The van der Waals surface area contributed by atoms with E-state index in [1.807, 2.05) is 48.2 Å². The number of rotatable bonds is 2. The zero-order valence-electron chi connectivity index (χ0n) is 16.5. The van der Waals surface area contributed by atoms with Crippen LogP contribution in [0.2, 0.25) is 0 Å². The maximum absolute atomic E-state index is 12.5. The molecule has 0 fully saturated rings. The van der Waals surface area contributed by atoms with Crippen molar-refractivity contribution >= 4 is 47.1 Å². The number of benzene rings is 2. The fourth-order valence-corrected chi connectivity index (χ4v) is 4.03. The number of nitrogens with zero attached hydrogens (tertiary/aromatic N) is 3. The largest absolute Gasteiger partial charge is 0.347 e. The van der Waals surface area contributed by atoms with Crippen molar-refractivity contribution in [2.24, 2.45) is 4.99 Å². The van der Waals surface area contributed by atoms with Crippen molar-refractivity contribution in [3.05, 3.63) is 83.7 Å². The summed E-state index contributed by atoms with van der Waals surface area (Å²) < 4.78 is 0. The molecule has 0 unspecified atom stereocenters. The molecule has 0 aliphatic carbocycles. The molecule has 144 valence electrons. The van der Waals surface area contributed by atoms with Crippen LogP contribution in [-0.4, -0.2) is 18.8 Å². The van der Waals surface area contributed by atoms with Crippen molar-refractivity contribution in [2.45, 2.75) is 26.2 Å². The Hall–Kier alpha value is -2.41. The third kappa shape index (κ3) is 3.17. The average molecular weight is 485 g/mol. The Morgan fingerprint density at radius 1 is 0.964 bits per heavy atom. The standard InChI is InChI=1S/C23H23N3O.HI/c1-16-24-22(27)20(26(16)17-10-6-5-7-11-17)14-15-21-23(2,3)18-12-8-9-13-19(18)25(21)4;/h5-15H,1-4H3;1H. The third-order valence-corrected chi connectivity index (χ3v) is 5.40. The first-order chi connectivity index (χ1) is 12.9. The van der Waals surface area contributed by atoms with E-state index >= 15 is 0 Å². The third-order valence-electron chi connectivity index (χ3n) is 5.40. The van der Waals surface area contributed by atoms with E-state index in [1.165, 1.54) is 11.3 Å². The van der Waals surface area contributed by atoms with Gasteiger partial charge in [-0.25, -0.2) is 0 Å². The highest BCUT2D eigenvalue weighted by atomic mass is 127. The van der Waals surface area contributed by atoms with Gasteiger partial charge in [0, 0.05) is 29.5 Å². The number of allylic oxidation sites excluding steroid dienone is 3. The van der Waals surface area contributed by atoms with Gasteiger partial charge < -0.3 is 4.90 Å². The van der Waals surface area contributed by atoms with Crippen LogP contribution in [0.1, 0.15) is 26.3 Å². The molecule has 0 radical (unpaired) electrons. The number of anilines is 2. The van der Waals surface area contributed by atoms with Gasteiger partial charge in [0.05, 0.1) is 0 Å². The summed E-state index contributed by atoms with van der Waals surface area (Å²) in [5.74, 6) is 0.488. The summed E-state index contributed by atoms with van der Waals surface area (Å²) >= 11 is 0. The number of fused-ring (bicyclic) bond motifs is 1. The van der Waals surface area contributed by atoms with Gasteiger partial charge in [-0.15, -0.1) is 24.0 Å². The zero-order valence-corrected chi connectivity index (χ0v) is 18.8. The average Bonchev–Trinajstić information content (AvgIpc) is 3.05. The Morgan fingerprint density at radius 2 is 1.61 bits per heavy atom. The molecule has 5 heteroatoms. The van der Waals surface area contributed by atoms with Crippen molar-refractivity contribution in [2.75, 3.05) is 16.8 Å². The van der Waals surface area contributed by atoms with Crippen LogP contribution in [-0.2, 0) is 10.2 Å². The van der Waals surface area contributed by atoms with E-state index in [2.05, 4.69) is 61.1 Å². The molecule has 0 aromatic heterocycles. The molecule has 0 spiro atoms. The Bertz CT molecular complexity index is 1010. The Morgan fingerprint density at radius 3 is 2.29 bits per heavy atom. The lowest BCUT2D eigenvalue weighted by Gasteiger charge is -2.24. The van der Waals surface area contributed by atoms with Crippen molar-refractivity contribution in [1.29, 1.82) is 0 Å². The van der Waals surface area contributed by atoms with Gasteiger partial charge in [-0.1, -0.05) is 50.2 Å². The molecule has 0 saturated heterocycles. The molecule has 2 aliphatic rings. The number of amidine groups is 1. The van der Waals surface area contributed by atoms with Crippen molar-refractivity contribution in [3.63, 3.8) is 0 Å². The minimum absolute atomic E-state index is 0. The lowest BCUT2D eigenvalue weighted by atomic mass is 9.84. The second-order valence-electron chi connectivity index (χ2n) is 7.44. The number of hydrogen-bond acceptors (Lipinski definition) is 3. The minimum Gasteiger partial charge on any atom is -0.347 e. The van der Waals surface area contributed by atoms with Gasteiger partial charge in [0.2, 0.25) is 0 Å². The summed E-state index contributed by atoms with van der Waals surface area (Å²) in [7, 11) is 2.07. The quantitative estimate of drug-likeness (QED) is 0.430. The van der Waals surface area contributed by atoms with Gasteiger partial charge in [0.1, 0.15) is 11.5 Å². The van der Waals surface area contributed by atoms with Gasteiger partial charge in [0.25, 0.3) is 5.91 Å². The van der Waals surface area contributed by atoms with Gasteiger partial charge in [-0.05, 0) is 42.8 Å². The SMILES string of the molecule is CC1=NC(=O)C(=CC=C2N(C)c3ccccc3C2(C)C)N1c1ccccc1.I. The lowest BCUT2D eigenvalue weighted by molar-refractivity contribution is -0.113. The van der Waals surface area contributed by atoms with Crippen LogP contribution in [0.5, 0.6) is 0 Å². The van der Waals surface area contributed by atoms with E-state index in [0.29, 0.717) is 11.5 Å². The molecule has 2 aromatic rings. The van der Waals surface area contributed by atoms with Crippen LogP contribution < -0.4 is 9.80 Å². The molecule has 4 rings (SSSR count). The summed E-state index contributed by atoms with van der Waals surface area (Å²) in [6.07, 6.45) is 3.95. The number of halogens is 1. The fourth-order valence-electron chi connectivity index (χ4n) is 4.03. The van der Waals surface area contributed by atoms with Crippen molar-refractivity contribution in [1.82, 2.24) is 0 Å². The molecule has 28 heavy (non-hydrogen) atoms. The predicted octanol–water partition coefficient (Wildman–Crippen LogP) is 5.27. The van der Waals surface area contributed by atoms with Crippen LogP contribution in [0, 0.1) is 0 Å². The topological polar surface area (TPSA) is 35.9 Å². The van der Waals surface area contributed by atoms with Gasteiger partial charge in [-0.2, -0.15) is 4.99 Å². The Kier molecular flexibility index (Phi) is 5.48. The normalized spacial score (nSPS) is 20.4. The van der Waals surface area contributed by atoms with E-state index in [0.717, 1.165) is 11.4 Å². The number of carbonyl (C=O) groups excluding carboxylic acids is 1. The molecule has 0 atom stereocenters.